The van der Waals surface area contributed by atoms with Crippen LogP contribution >= 0.6 is 0 Å². The van der Waals surface area contributed by atoms with Crippen LogP contribution in [0.3, 0.4) is 0 Å². The van der Waals surface area contributed by atoms with Crippen LogP contribution in [0.2, 0.25) is 0 Å². The lowest BCUT2D eigenvalue weighted by Gasteiger charge is -2.34. The summed E-state index contributed by atoms with van der Waals surface area (Å²) in [6, 6.07) is 32.5. The number of carbonyl (C=O) groups excluding carboxylic acids is 1. The van der Waals surface area contributed by atoms with Gasteiger partial charge in [0.15, 0.2) is 0 Å². The van der Waals surface area contributed by atoms with Gasteiger partial charge < -0.3 is 33.7 Å². The van der Waals surface area contributed by atoms with E-state index in [1.54, 1.807) is 26.4 Å². The minimum Gasteiger partial charge on any atom is -0.508 e. The van der Waals surface area contributed by atoms with E-state index in [2.05, 4.69) is 104 Å². The predicted molar refractivity (Wildman–Crippen MR) is 251 cm³/mol. The second-order valence-corrected chi connectivity index (χ2v) is 17.5. The van der Waals surface area contributed by atoms with E-state index in [-0.39, 0.29) is 23.2 Å². The van der Waals surface area contributed by atoms with Crippen LogP contribution in [0.25, 0.3) is 11.1 Å². The second-order valence-electron chi connectivity index (χ2n) is 17.5. The number of methoxy groups -OCH3 is 3. The Morgan fingerprint density at radius 3 is 1.44 bits per heavy atom. The third-order valence-electron chi connectivity index (χ3n) is 13.8. The summed E-state index contributed by atoms with van der Waals surface area (Å²) in [6.45, 7) is 20.9. The summed E-state index contributed by atoms with van der Waals surface area (Å²) >= 11 is 0. The van der Waals surface area contributed by atoms with Crippen molar-refractivity contribution < 1.29 is 38.5 Å². The fourth-order valence-electron chi connectivity index (χ4n) is 8.81. The van der Waals surface area contributed by atoms with Gasteiger partial charge in [0.05, 0.1) is 39.0 Å². The molecule has 8 nitrogen and oxygen atoms in total. The number of phenolic OH excluding ortho intramolecular Hbond substituents is 2. The first kappa shape index (κ1) is 47.8. The molecule has 1 fully saturated rings. The fraction of sp³-hybridized carbons (Fsp3) is 0.415. The highest BCUT2D eigenvalue weighted by molar-refractivity contribution is 6.63. The quantitative estimate of drug-likeness (QED) is 0.0841. The molecule has 6 rings (SSSR count). The van der Waals surface area contributed by atoms with Crippen LogP contribution in [-0.2, 0) is 36.1 Å². The molecule has 0 atom stereocenters. The largest absolute Gasteiger partial charge is 0.508 e. The number of esters is 1. The van der Waals surface area contributed by atoms with Gasteiger partial charge in [-0.05, 0) is 136 Å². The fourth-order valence-corrected chi connectivity index (χ4v) is 8.81. The molecule has 330 valence electrons. The summed E-state index contributed by atoms with van der Waals surface area (Å²) in [6.07, 6.45) is 3.99. The SMILES string of the molecule is CCC(CC)(c1ccc(O)c(C)c1)c1ccc(-c2ccc(CC(=O)OC)cc2)c(OC)c1.CCC(CC)(c1ccc(O)c(C)c1)c1ccc(B2OC(C)(C)C(C)(C)O2)c(OC)c1. The minimum absolute atomic E-state index is 0.166. The van der Waals surface area contributed by atoms with E-state index in [9.17, 15) is 15.0 Å². The summed E-state index contributed by atoms with van der Waals surface area (Å²) in [7, 11) is 4.32. The maximum atomic E-state index is 11.5. The number of benzene rings is 5. The molecule has 1 aliphatic rings. The molecule has 0 aliphatic carbocycles. The summed E-state index contributed by atoms with van der Waals surface area (Å²) in [5.41, 5.74) is 9.25. The first-order chi connectivity index (χ1) is 29.4. The molecular weight excluding hydrogens is 775 g/mol. The summed E-state index contributed by atoms with van der Waals surface area (Å²) in [5, 5.41) is 20.0. The molecule has 0 bridgehead atoms. The Labute approximate surface area is 370 Å². The van der Waals surface area contributed by atoms with Crippen LogP contribution in [-0.4, -0.2) is 55.8 Å². The Balaban J connectivity index is 0.000000235. The average molecular weight is 843 g/mol. The molecule has 1 heterocycles. The van der Waals surface area contributed by atoms with Crippen LogP contribution < -0.4 is 14.9 Å². The number of aromatic hydroxyl groups is 2. The van der Waals surface area contributed by atoms with Crippen LogP contribution in [0.1, 0.15) is 120 Å². The standard InChI is InChI=1S/C28H32O4.C25H35BO4/c1-6-28(7-2,22-13-15-25(29)19(3)16-22)23-12-14-24(26(18-23)31-4)21-10-8-20(9-11-21)17-27(30)32-5;1-9-25(10-2,18-12-14-21(27)17(3)15-18)19-11-13-20(22(16-19)28-8)26-29-23(4,5)24(6,7)30-26/h8-16,18,29H,6-7,17H2,1-5H3;11-16,27H,9-10H2,1-8H3. The topological polar surface area (TPSA) is 104 Å². The monoisotopic (exact) mass is 842 g/mol. The molecule has 0 saturated carbocycles. The lowest BCUT2D eigenvalue weighted by Crippen LogP contribution is -2.41. The number of rotatable bonds is 14. The van der Waals surface area contributed by atoms with Gasteiger partial charge >= 0.3 is 13.1 Å². The lowest BCUT2D eigenvalue weighted by molar-refractivity contribution is -0.139. The van der Waals surface area contributed by atoms with Gasteiger partial charge in [-0.3, -0.25) is 4.79 Å². The van der Waals surface area contributed by atoms with Gasteiger partial charge in [0.1, 0.15) is 23.0 Å². The summed E-state index contributed by atoms with van der Waals surface area (Å²) in [4.78, 5) is 11.5. The van der Waals surface area contributed by atoms with Crippen molar-refractivity contribution in [2.24, 2.45) is 0 Å². The van der Waals surface area contributed by atoms with E-state index in [1.165, 1.54) is 29.4 Å². The Kier molecular flexibility index (Phi) is 15.0. The molecule has 0 unspecified atom stereocenters. The highest BCUT2D eigenvalue weighted by Crippen LogP contribution is 2.45. The molecule has 5 aromatic rings. The molecule has 5 aromatic carbocycles. The molecular formula is C53H67BO8. The van der Waals surface area contributed by atoms with Gasteiger partial charge in [0.2, 0.25) is 0 Å². The number of carbonyl (C=O) groups is 1. The van der Waals surface area contributed by atoms with Gasteiger partial charge in [-0.2, -0.15) is 0 Å². The normalized spacial score (nSPS) is 14.5. The third kappa shape index (κ3) is 9.40. The van der Waals surface area contributed by atoms with E-state index in [0.717, 1.165) is 70.5 Å². The summed E-state index contributed by atoms with van der Waals surface area (Å²) < 4.78 is 28.9. The number of phenols is 2. The first-order valence-electron chi connectivity index (χ1n) is 21.9. The van der Waals surface area contributed by atoms with Crippen molar-refractivity contribution in [3.8, 4) is 34.1 Å². The Bertz CT molecular complexity index is 2310. The average Bonchev–Trinajstić information content (AvgIpc) is 3.49. The molecule has 0 spiro atoms. The summed E-state index contributed by atoms with van der Waals surface area (Å²) in [5.74, 6) is 1.98. The molecule has 1 aliphatic heterocycles. The molecule has 9 heteroatoms. The van der Waals surface area contributed by atoms with Crippen molar-refractivity contribution in [2.45, 2.75) is 123 Å². The number of hydrogen-bond donors (Lipinski definition) is 2. The molecule has 1 saturated heterocycles. The zero-order valence-corrected chi connectivity index (χ0v) is 39.2. The smallest absolute Gasteiger partial charge is 0.498 e. The van der Waals surface area contributed by atoms with Gasteiger partial charge in [0, 0.05) is 21.9 Å². The lowest BCUT2D eigenvalue weighted by atomic mass is 9.68. The molecule has 0 amide bonds. The highest BCUT2D eigenvalue weighted by Gasteiger charge is 2.52. The van der Waals surface area contributed by atoms with E-state index in [4.69, 9.17) is 23.5 Å². The van der Waals surface area contributed by atoms with Crippen molar-refractivity contribution in [3.63, 3.8) is 0 Å². The van der Waals surface area contributed by atoms with Gasteiger partial charge in [-0.1, -0.05) is 100 Å². The zero-order valence-electron chi connectivity index (χ0n) is 39.2. The molecule has 0 aromatic heterocycles. The van der Waals surface area contributed by atoms with E-state index < -0.39 is 18.3 Å². The number of hydrogen-bond acceptors (Lipinski definition) is 8. The number of aryl methyl sites for hydroxylation is 2. The second kappa shape index (κ2) is 19.4. The predicted octanol–water partition coefficient (Wildman–Crippen LogP) is 11.3. The van der Waals surface area contributed by atoms with Crippen LogP contribution in [0.5, 0.6) is 23.0 Å². The Morgan fingerprint density at radius 1 is 0.597 bits per heavy atom. The van der Waals surface area contributed by atoms with Gasteiger partial charge in [0.25, 0.3) is 0 Å². The molecule has 62 heavy (non-hydrogen) atoms. The minimum atomic E-state index is -0.465. The molecule has 2 N–H and O–H groups in total. The van der Waals surface area contributed by atoms with Crippen LogP contribution in [0, 0.1) is 13.8 Å². The maximum Gasteiger partial charge on any atom is 0.498 e. The Morgan fingerprint density at radius 2 is 1.02 bits per heavy atom. The van der Waals surface area contributed by atoms with Gasteiger partial charge in [-0.25, -0.2) is 0 Å². The van der Waals surface area contributed by atoms with Crippen molar-refractivity contribution in [3.05, 3.63) is 136 Å². The molecule has 0 radical (unpaired) electrons. The van der Waals surface area contributed by atoms with Crippen LogP contribution in [0.4, 0.5) is 0 Å². The van der Waals surface area contributed by atoms with Gasteiger partial charge in [-0.15, -0.1) is 0 Å². The van der Waals surface area contributed by atoms with E-state index in [0.29, 0.717) is 11.5 Å². The number of ether oxygens (including phenoxy) is 3. The van der Waals surface area contributed by atoms with E-state index >= 15 is 0 Å². The highest BCUT2D eigenvalue weighted by atomic mass is 16.7. The third-order valence-corrected chi connectivity index (χ3v) is 13.8. The van der Waals surface area contributed by atoms with Crippen molar-refractivity contribution in [2.75, 3.05) is 21.3 Å². The van der Waals surface area contributed by atoms with Crippen molar-refractivity contribution in [1.82, 2.24) is 0 Å². The van der Waals surface area contributed by atoms with Crippen molar-refractivity contribution >= 4 is 18.6 Å². The van der Waals surface area contributed by atoms with Crippen LogP contribution in [0.15, 0.2) is 97.1 Å². The maximum absolute atomic E-state index is 11.5. The van der Waals surface area contributed by atoms with E-state index in [1.807, 2.05) is 50.2 Å². The first-order valence-corrected chi connectivity index (χ1v) is 21.9. The van der Waals surface area contributed by atoms with Crippen molar-refractivity contribution in [1.29, 1.82) is 0 Å². The zero-order chi connectivity index (χ0) is 45.6. The Hall–Kier alpha value is -5.25.